The van der Waals surface area contributed by atoms with Gasteiger partial charge in [0, 0.05) is 12.8 Å². The van der Waals surface area contributed by atoms with E-state index in [1.54, 1.807) is 0 Å². The highest BCUT2D eigenvalue weighted by atomic mass is 16.7. The standard InChI is InChI=1S/C34H65NO2/c1-4-6-8-10-12-14-15-16-17-18-19-20-21-23-25-27-30-34(36-32-33(37-34)28-31-35-3)29-26-24-22-13-11-9-7-5-2/h12,14,16-17,33,35H,4-11,13,15,18-32H2,1-3H3. The fourth-order valence-electron chi connectivity index (χ4n) is 5.36. The van der Waals surface area contributed by atoms with E-state index in [0.717, 1.165) is 38.8 Å². The molecule has 37 heavy (non-hydrogen) atoms. The summed E-state index contributed by atoms with van der Waals surface area (Å²) in [4.78, 5) is 0. The van der Waals surface area contributed by atoms with Gasteiger partial charge in [-0.05, 0) is 65.0 Å². The maximum absolute atomic E-state index is 6.56. The van der Waals surface area contributed by atoms with Crippen molar-refractivity contribution in [2.75, 3.05) is 20.2 Å². The van der Waals surface area contributed by atoms with Crippen LogP contribution in [0.15, 0.2) is 24.3 Å². The summed E-state index contributed by atoms with van der Waals surface area (Å²) in [6.07, 6.45) is 39.3. The molecule has 0 aliphatic carbocycles. The molecule has 1 aliphatic heterocycles. The lowest BCUT2D eigenvalue weighted by molar-refractivity contribution is -0.179. The largest absolute Gasteiger partial charge is 0.347 e. The first-order chi connectivity index (χ1) is 18.3. The van der Waals surface area contributed by atoms with E-state index in [9.17, 15) is 0 Å². The van der Waals surface area contributed by atoms with Crippen molar-refractivity contribution >= 4 is 0 Å². The van der Waals surface area contributed by atoms with E-state index in [1.165, 1.54) is 122 Å². The Bertz CT molecular complexity index is 532. The number of nitrogens with one attached hydrogen (secondary N) is 1. The number of allylic oxidation sites excluding steroid dienone is 4. The molecule has 0 aromatic rings. The second-order valence-electron chi connectivity index (χ2n) is 11.4. The van der Waals surface area contributed by atoms with Crippen LogP contribution in [0.2, 0.25) is 0 Å². The monoisotopic (exact) mass is 520 g/mol. The molecule has 0 aromatic carbocycles. The Morgan fingerprint density at radius 2 is 1.14 bits per heavy atom. The van der Waals surface area contributed by atoms with Crippen LogP contribution in [0, 0.1) is 0 Å². The molecule has 3 heteroatoms. The number of unbranched alkanes of at least 4 members (excludes halogenated alkanes) is 16. The Labute approximate surface area is 232 Å². The second-order valence-corrected chi connectivity index (χ2v) is 11.4. The van der Waals surface area contributed by atoms with Gasteiger partial charge in [-0.1, -0.05) is 122 Å². The van der Waals surface area contributed by atoms with E-state index in [-0.39, 0.29) is 11.9 Å². The highest BCUT2D eigenvalue weighted by Gasteiger charge is 2.40. The van der Waals surface area contributed by atoms with Crippen LogP contribution in [0.4, 0.5) is 0 Å². The van der Waals surface area contributed by atoms with E-state index < -0.39 is 0 Å². The van der Waals surface area contributed by atoms with Gasteiger partial charge in [0.15, 0.2) is 5.79 Å². The summed E-state index contributed by atoms with van der Waals surface area (Å²) in [6, 6.07) is 0. The van der Waals surface area contributed by atoms with Gasteiger partial charge in [0.1, 0.15) is 0 Å². The maximum atomic E-state index is 6.56. The molecule has 0 spiro atoms. The SMILES string of the molecule is CCCCCC=CCC=CCCCCCCCCC1(CCCCCCCCCC)OCC(CCNC)O1. The minimum absolute atomic E-state index is 0.270. The molecular weight excluding hydrogens is 454 g/mol. The Balaban J connectivity index is 2.13. The first kappa shape index (κ1) is 34.4. The van der Waals surface area contributed by atoms with Crippen LogP contribution < -0.4 is 5.32 Å². The van der Waals surface area contributed by atoms with Gasteiger partial charge in [-0.3, -0.25) is 0 Å². The fraction of sp³-hybridized carbons (Fsp3) is 0.882. The molecule has 0 saturated carbocycles. The third-order valence-corrected chi connectivity index (χ3v) is 7.80. The molecule has 0 amide bonds. The normalized spacial score (nSPS) is 20.1. The summed E-state index contributed by atoms with van der Waals surface area (Å²) < 4.78 is 12.9. The third kappa shape index (κ3) is 20.0. The van der Waals surface area contributed by atoms with Crippen molar-refractivity contribution < 1.29 is 9.47 Å². The predicted octanol–water partition coefficient (Wildman–Crippen LogP) is 10.4. The zero-order valence-corrected chi connectivity index (χ0v) is 25.4. The number of hydrogen-bond acceptors (Lipinski definition) is 3. The zero-order chi connectivity index (χ0) is 26.7. The van der Waals surface area contributed by atoms with Crippen LogP contribution >= 0.6 is 0 Å². The van der Waals surface area contributed by atoms with Crippen molar-refractivity contribution in [1.29, 1.82) is 0 Å². The van der Waals surface area contributed by atoms with Crippen molar-refractivity contribution in [1.82, 2.24) is 5.32 Å². The topological polar surface area (TPSA) is 30.5 Å². The van der Waals surface area contributed by atoms with Crippen molar-refractivity contribution in [2.45, 2.75) is 173 Å². The number of ether oxygens (including phenoxy) is 2. The lowest BCUT2D eigenvalue weighted by atomic mass is 9.98. The van der Waals surface area contributed by atoms with E-state index in [1.807, 2.05) is 7.05 Å². The van der Waals surface area contributed by atoms with Crippen LogP contribution in [-0.2, 0) is 9.47 Å². The third-order valence-electron chi connectivity index (χ3n) is 7.80. The van der Waals surface area contributed by atoms with Gasteiger partial charge in [0.25, 0.3) is 0 Å². The van der Waals surface area contributed by atoms with Gasteiger partial charge < -0.3 is 14.8 Å². The summed E-state index contributed by atoms with van der Waals surface area (Å²) >= 11 is 0. The van der Waals surface area contributed by atoms with Crippen molar-refractivity contribution in [3.8, 4) is 0 Å². The number of hydrogen-bond donors (Lipinski definition) is 1. The molecule has 1 heterocycles. The maximum Gasteiger partial charge on any atom is 0.168 e. The molecule has 1 saturated heterocycles. The van der Waals surface area contributed by atoms with Gasteiger partial charge in [-0.15, -0.1) is 0 Å². The minimum atomic E-state index is -0.296. The molecule has 218 valence electrons. The molecule has 1 N–H and O–H groups in total. The Hall–Kier alpha value is -0.640. The van der Waals surface area contributed by atoms with E-state index in [0.29, 0.717) is 0 Å². The Morgan fingerprint density at radius 1 is 0.649 bits per heavy atom. The van der Waals surface area contributed by atoms with Crippen molar-refractivity contribution in [3.63, 3.8) is 0 Å². The van der Waals surface area contributed by atoms with Gasteiger partial charge in [0.05, 0.1) is 12.7 Å². The molecule has 1 fully saturated rings. The van der Waals surface area contributed by atoms with E-state index in [2.05, 4.69) is 43.5 Å². The smallest absolute Gasteiger partial charge is 0.168 e. The Morgan fingerprint density at radius 3 is 1.70 bits per heavy atom. The summed E-state index contributed by atoms with van der Waals surface area (Å²) in [7, 11) is 2.02. The molecule has 1 aliphatic rings. The summed E-state index contributed by atoms with van der Waals surface area (Å²) in [5.41, 5.74) is 0. The second kappa shape index (κ2) is 25.6. The lowest BCUT2D eigenvalue weighted by Crippen LogP contribution is -2.31. The molecule has 2 atom stereocenters. The molecule has 2 unspecified atom stereocenters. The van der Waals surface area contributed by atoms with Gasteiger partial charge in [-0.2, -0.15) is 0 Å². The summed E-state index contributed by atoms with van der Waals surface area (Å²) in [5, 5.41) is 3.26. The van der Waals surface area contributed by atoms with Crippen LogP contribution in [0.1, 0.15) is 162 Å². The van der Waals surface area contributed by atoms with Gasteiger partial charge >= 0.3 is 0 Å². The first-order valence-electron chi connectivity index (χ1n) is 16.5. The van der Waals surface area contributed by atoms with Crippen LogP contribution in [0.5, 0.6) is 0 Å². The van der Waals surface area contributed by atoms with Gasteiger partial charge in [0.2, 0.25) is 0 Å². The molecule has 3 nitrogen and oxygen atoms in total. The average molecular weight is 520 g/mol. The fourth-order valence-corrected chi connectivity index (χ4v) is 5.36. The zero-order valence-electron chi connectivity index (χ0n) is 25.4. The highest BCUT2D eigenvalue weighted by Crippen LogP contribution is 2.35. The lowest BCUT2D eigenvalue weighted by Gasteiger charge is -2.28. The molecule has 0 radical (unpaired) electrons. The van der Waals surface area contributed by atoms with Crippen molar-refractivity contribution in [2.24, 2.45) is 0 Å². The molecule has 0 aromatic heterocycles. The average Bonchev–Trinajstić information content (AvgIpc) is 3.32. The summed E-state index contributed by atoms with van der Waals surface area (Å²) in [6.45, 7) is 6.34. The van der Waals surface area contributed by atoms with Gasteiger partial charge in [-0.25, -0.2) is 0 Å². The van der Waals surface area contributed by atoms with Crippen LogP contribution in [-0.4, -0.2) is 32.1 Å². The molecular formula is C34H65NO2. The Kier molecular flexibility index (Phi) is 23.8. The first-order valence-corrected chi connectivity index (χ1v) is 16.5. The van der Waals surface area contributed by atoms with E-state index >= 15 is 0 Å². The molecule has 1 rings (SSSR count). The molecule has 0 bridgehead atoms. The highest BCUT2D eigenvalue weighted by molar-refractivity contribution is 4.92. The minimum Gasteiger partial charge on any atom is -0.347 e. The summed E-state index contributed by atoms with van der Waals surface area (Å²) in [5.74, 6) is -0.296. The number of rotatable bonds is 27. The van der Waals surface area contributed by atoms with Crippen LogP contribution in [0.25, 0.3) is 0 Å². The van der Waals surface area contributed by atoms with Crippen LogP contribution in [0.3, 0.4) is 0 Å². The van der Waals surface area contributed by atoms with E-state index in [4.69, 9.17) is 9.47 Å². The quantitative estimate of drug-likeness (QED) is 0.0864. The predicted molar refractivity (Wildman–Crippen MR) is 163 cm³/mol. The van der Waals surface area contributed by atoms with Crippen molar-refractivity contribution in [3.05, 3.63) is 24.3 Å².